The third kappa shape index (κ3) is 1.60. The molecule has 0 atom stereocenters. The summed E-state index contributed by atoms with van der Waals surface area (Å²) in [6.07, 6.45) is 1.75. The van der Waals surface area contributed by atoms with Gasteiger partial charge in [-0.05, 0) is 18.2 Å². The van der Waals surface area contributed by atoms with Crippen molar-refractivity contribution in [3.63, 3.8) is 0 Å². The van der Waals surface area contributed by atoms with Crippen LogP contribution in [0.2, 0.25) is 0 Å². The van der Waals surface area contributed by atoms with E-state index in [9.17, 15) is 10.1 Å². The normalized spacial score (nSPS) is 10.7. The number of hydrogen-bond donors (Lipinski definition) is 0. The number of nitro groups is 1. The molecule has 0 aliphatic rings. The fourth-order valence-electron chi connectivity index (χ4n) is 1.77. The molecule has 0 aliphatic heterocycles. The quantitative estimate of drug-likeness (QED) is 0.509. The minimum atomic E-state index is -0.430. The first-order valence-electron chi connectivity index (χ1n) is 5.31. The first-order valence-corrected chi connectivity index (χ1v) is 5.31. The summed E-state index contributed by atoms with van der Waals surface area (Å²) < 4.78 is 1.59. The minimum absolute atomic E-state index is 0.00778. The molecule has 0 amide bonds. The Balaban J connectivity index is 2.23. The van der Waals surface area contributed by atoms with Gasteiger partial charge in [-0.1, -0.05) is 18.2 Å². The van der Waals surface area contributed by atoms with E-state index >= 15 is 0 Å². The molecule has 0 saturated heterocycles. The predicted molar refractivity (Wildman–Crippen MR) is 65.1 cm³/mol. The summed E-state index contributed by atoms with van der Waals surface area (Å²) in [6.45, 7) is 0. The molecule has 6 nitrogen and oxygen atoms in total. The van der Waals surface area contributed by atoms with E-state index in [-0.39, 0.29) is 5.69 Å². The van der Waals surface area contributed by atoms with Crippen molar-refractivity contribution in [1.29, 1.82) is 0 Å². The zero-order chi connectivity index (χ0) is 12.5. The number of nitrogens with zero attached hydrogens (tertiary/aromatic N) is 4. The molecule has 2 heterocycles. The van der Waals surface area contributed by atoms with Gasteiger partial charge in [0.1, 0.15) is 0 Å². The zero-order valence-electron chi connectivity index (χ0n) is 9.22. The van der Waals surface area contributed by atoms with E-state index in [1.54, 1.807) is 35.0 Å². The number of aromatic nitrogens is 3. The van der Waals surface area contributed by atoms with Gasteiger partial charge in [0.15, 0.2) is 11.5 Å². The first kappa shape index (κ1) is 10.4. The number of pyridine rings is 1. The lowest BCUT2D eigenvalue weighted by Crippen LogP contribution is -1.93. The van der Waals surface area contributed by atoms with Gasteiger partial charge in [0.2, 0.25) is 0 Å². The number of rotatable bonds is 2. The Kier molecular flexibility index (Phi) is 2.26. The highest BCUT2D eigenvalue weighted by atomic mass is 16.6. The van der Waals surface area contributed by atoms with E-state index in [4.69, 9.17) is 0 Å². The monoisotopic (exact) mass is 240 g/mol. The van der Waals surface area contributed by atoms with E-state index in [1.807, 2.05) is 12.1 Å². The van der Waals surface area contributed by atoms with Gasteiger partial charge in [-0.3, -0.25) is 10.1 Å². The van der Waals surface area contributed by atoms with Crippen LogP contribution in [0.4, 0.5) is 5.69 Å². The number of fused-ring (bicyclic) bond motifs is 1. The molecule has 3 aromatic rings. The SMILES string of the molecule is O=[N+]([O-])c1ccccc1-c1nc2ccccn2n1. The molecule has 3 rings (SSSR count). The predicted octanol–water partition coefficient (Wildman–Crippen LogP) is 2.30. The van der Waals surface area contributed by atoms with Crippen LogP contribution in [0.25, 0.3) is 17.0 Å². The lowest BCUT2D eigenvalue weighted by Gasteiger charge is -1.96. The maximum Gasteiger partial charge on any atom is 0.280 e. The lowest BCUT2D eigenvalue weighted by atomic mass is 10.2. The van der Waals surface area contributed by atoms with Crippen molar-refractivity contribution in [2.45, 2.75) is 0 Å². The molecule has 0 aliphatic carbocycles. The van der Waals surface area contributed by atoms with E-state index < -0.39 is 4.92 Å². The molecule has 0 bridgehead atoms. The number of para-hydroxylation sites is 1. The van der Waals surface area contributed by atoms with Gasteiger partial charge < -0.3 is 0 Å². The average molecular weight is 240 g/mol. The van der Waals surface area contributed by atoms with Gasteiger partial charge in [0, 0.05) is 12.3 Å². The smallest absolute Gasteiger partial charge is 0.258 e. The highest BCUT2D eigenvalue weighted by molar-refractivity contribution is 5.68. The molecular formula is C12H8N4O2. The van der Waals surface area contributed by atoms with Gasteiger partial charge in [0.05, 0.1) is 10.5 Å². The first-order chi connectivity index (χ1) is 8.75. The van der Waals surface area contributed by atoms with Gasteiger partial charge in [-0.25, -0.2) is 9.50 Å². The highest BCUT2D eigenvalue weighted by Crippen LogP contribution is 2.26. The summed E-state index contributed by atoms with van der Waals surface area (Å²) in [7, 11) is 0. The largest absolute Gasteiger partial charge is 0.280 e. The number of hydrogen-bond acceptors (Lipinski definition) is 4. The lowest BCUT2D eigenvalue weighted by molar-refractivity contribution is -0.384. The molecule has 0 spiro atoms. The van der Waals surface area contributed by atoms with Crippen LogP contribution < -0.4 is 0 Å². The number of nitro benzene ring substituents is 1. The van der Waals surface area contributed by atoms with E-state index in [0.717, 1.165) is 0 Å². The summed E-state index contributed by atoms with van der Waals surface area (Å²) >= 11 is 0. The fraction of sp³-hybridized carbons (Fsp3) is 0. The van der Waals surface area contributed by atoms with Crippen LogP contribution in [-0.4, -0.2) is 19.5 Å². The minimum Gasteiger partial charge on any atom is -0.258 e. The Bertz CT molecular complexity index is 703. The van der Waals surface area contributed by atoms with Crippen molar-refractivity contribution >= 4 is 11.3 Å². The maximum absolute atomic E-state index is 11.0. The van der Waals surface area contributed by atoms with E-state index in [1.165, 1.54) is 6.07 Å². The van der Waals surface area contributed by atoms with Gasteiger partial charge in [-0.15, -0.1) is 5.10 Å². The van der Waals surface area contributed by atoms with Crippen LogP contribution in [0, 0.1) is 10.1 Å². The Hall–Kier alpha value is -2.76. The topological polar surface area (TPSA) is 73.3 Å². The zero-order valence-corrected chi connectivity index (χ0v) is 9.22. The van der Waals surface area contributed by atoms with Crippen molar-refractivity contribution in [3.8, 4) is 11.4 Å². The van der Waals surface area contributed by atoms with Crippen LogP contribution in [0.1, 0.15) is 0 Å². The van der Waals surface area contributed by atoms with Crippen molar-refractivity contribution in [2.24, 2.45) is 0 Å². The molecule has 0 radical (unpaired) electrons. The summed E-state index contributed by atoms with van der Waals surface area (Å²) in [5.41, 5.74) is 1.09. The van der Waals surface area contributed by atoms with Gasteiger partial charge in [-0.2, -0.15) is 0 Å². The highest BCUT2D eigenvalue weighted by Gasteiger charge is 2.17. The Morgan fingerprint density at radius 1 is 1.11 bits per heavy atom. The Morgan fingerprint density at radius 3 is 2.67 bits per heavy atom. The summed E-state index contributed by atoms with van der Waals surface area (Å²) in [5, 5.41) is 15.2. The van der Waals surface area contributed by atoms with Crippen LogP contribution in [0.15, 0.2) is 48.7 Å². The standard InChI is InChI=1S/C12H8N4O2/c17-16(18)10-6-2-1-5-9(10)12-13-11-7-3-4-8-15(11)14-12/h1-8H. The molecule has 18 heavy (non-hydrogen) atoms. The maximum atomic E-state index is 11.0. The summed E-state index contributed by atoms with van der Waals surface area (Å²) in [4.78, 5) is 14.8. The Labute approximate surface area is 102 Å². The van der Waals surface area contributed by atoms with Gasteiger partial charge >= 0.3 is 0 Å². The van der Waals surface area contributed by atoms with Gasteiger partial charge in [0.25, 0.3) is 5.69 Å². The third-order valence-electron chi connectivity index (χ3n) is 2.58. The second kappa shape index (κ2) is 3.92. The molecule has 0 fully saturated rings. The third-order valence-corrected chi connectivity index (χ3v) is 2.58. The molecule has 6 heteroatoms. The van der Waals surface area contributed by atoms with Crippen molar-refractivity contribution < 1.29 is 4.92 Å². The Morgan fingerprint density at radius 2 is 1.89 bits per heavy atom. The van der Waals surface area contributed by atoms with Crippen molar-refractivity contribution in [2.75, 3.05) is 0 Å². The van der Waals surface area contributed by atoms with Crippen LogP contribution in [0.3, 0.4) is 0 Å². The molecule has 2 aromatic heterocycles. The van der Waals surface area contributed by atoms with E-state index in [0.29, 0.717) is 17.0 Å². The van der Waals surface area contributed by atoms with Crippen LogP contribution in [0.5, 0.6) is 0 Å². The average Bonchev–Trinajstić information content (AvgIpc) is 2.82. The van der Waals surface area contributed by atoms with Crippen LogP contribution >= 0.6 is 0 Å². The number of benzene rings is 1. The molecule has 1 aromatic carbocycles. The fourth-order valence-corrected chi connectivity index (χ4v) is 1.77. The second-order valence-corrected chi connectivity index (χ2v) is 3.71. The second-order valence-electron chi connectivity index (χ2n) is 3.71. The van der Waals surface area contributed by atoms with Crippen molar-refractivity contribution in [1.82, 2.24) is 14.6 Å². The molecular weight excluding hydrogens is 232 g/mol. The molecule has 0 N–H and O–H groups in total. The molecule has 88 valence electrons. The summed E-state index contributed by atoms with van der Waals surface area (Å²) in [6, 6.07) is 11.9. The molecule has 0 saturated carbocycles. The van der Waals surface area contributed by atoms with Crippen LogP contribution in [-0.2, 0) is 0 Å². The summed E-state index contributed by atoms with van der Waals surface area (Å²) in [5.74, 6) is 0.355. The van der Waals surface area contributed by atoms with Crippen molar-refractivity contribution in [3.05, 3.63) is 58.8 Å². The van der Waals surface area contributed by atoms with E-state index in [2.05, 4.69) is 10.1 Å². The molecule has 0 unspecified atom stereocenters.